The lowest BCUT2D eigenvalue weighted by Gasteiger charge is -2.43. The summed E-state index contributed by atoms with van der Waals surface area (Å²) in [5, 5.41) is -1.02. The summed E-state index contributed by atoms with van der Waals surface area (Å²) < 4.78 is 30.9. The van der Waals surface area contributed by atoms with Gasteiger partial charge in [-0.1, -0.05) is 66.7 Å². The van der Waals surface area contributed by atoms with E-state index < -0.39 is 44.0 Å². The maximum Gasteiger partial charge on any atom is 0.331 e. The van der Waals surface area contributed by atoms with Crippen molar-refractivity contribution in [2.75, 3.05) is 0 Å². The largest absolute Gasteiger partial charge is 0.451 e. The average Bonchev–Trinajstić information content (AvgIpc) is 2.91. The van der Waals surface area contributed by atoms with Gasteiger partial charge in [0.25, 0.3) is 0 Å². The van der Waals surface area contributed by atoms with Crippen LogP contribution in [0.3, 0.4) is 0 Å². The van der Waals surface area contributed by atoms with Gasteiger partial charge in [-0.15, -0.1) is 6.58 Å². The van der Waals surface area contributed by atoms with E-state index in [9.17, 15) is 18.0 Å². The van der Waals surface area contributed by atoms with Crippen LogP contribution in [0.15, 0.2) is 73.3 Å². The van der Waals surface area contributed by atoms with Gasteiger partial charge in [0.05, 0.1) is 10.7 Å². The van der Waals surface area contributed by atoms with Crippen LogP contribution in [0.4, 0.5) is 0 Å². The highest BCUT2D eigenvalue weighted by molar-refractivity contribution is 7.93. The van der Waals surface area contributed by atoms with E-state index in [1.165, 1.54) is 24.8 Å². The van der Waals surface area contributed by atoms with E-state index in [2.05, 4.69) is 6.58 Å². The molecule has 2 saturated heterocycles. The summed E-state index contributed by atoms with van der Waals surface area (Å²) in [7, 11) is -3.77. The van der Waals surface area contributed by atoms with Crippen LogP contribution < -0.4 is 0 Å². The molecule has 2 heterocycles. The Bertz CT molecular complexity index is 1070. The molecule has 4 rings (SSSR count). The summed E-state index contributed by atoms with van der Waals surface area (Å²) in [6.07, 6.45) is 1.08. The highest BCUT2D eigenvalue weighted by Crippen LogP contribution is 2.50. The van der Waals surface area contributed by atoms with Crippen LogP contribution in [0.25, 0.3) is 0 Å². The molecule has 0 saturated carbocycles. The number of nitrogens with zero attached hydrogens (tertiary/aromatic N) is 1. The quantitative estimate of drug-likeness (QED) is 0.392. The van der Waals surface area contributed by atoms with E-state index in [-0.39, 0.29) is 12.3 Å². The van der Waals surface area contributed by atoms with Gasteiger partial charge >= 0.3 is 5.97 Å². The van der Waals surface area contributed by atoms with Crippen molar-refractivity contribution in [2.45, 2.75) is 42.5 Å². The molecule has 0 bridgehead atoms. The Kier molecular flexibility index (Phi) is 5.25. The fourth-order valence-electron chi connectivity index (χ4n) is 4.55. The Hall–Kier alpha value is -2.93. The molecular formula is C24H25NO5S. The van der Waals surface area contributed by atoms with Crippen molar-refractivity contribution in [1.29, 1.82) is 0 Å². The molecule has 0 aromatic heterocycles. The van der Waals surface area contributed by atoms with Crippen LogP contribution in [0.1, 0.15) is 37.5 Å². The molecular weight excluding hydrogens is 414 g/mol. The SMILES string of the molecule is C=CC[C@@H]1C(=O)N2[C@@H](C(=O)OC(c3ccccc3)c3ccccc3)C(C)(C)S(=O)(=O)[C@H]12. The van der Waals surface area contributed by atoms with Crippen LogP contribution in [-0.2, 0) is 24.2 Å². The Morgan fingerprint density at radius 1 is 1.10 bits per heavy atom. The number of esters is 1. The van der Waals surface area contributed by atoms with Crippen molar-refractivity contribution >= 4 is 21.7 Å². The van der Waals surface area contributed by atoms with E-state index in [0.717, 1.165) is 11.1 Å². The normalized spacial score (nSPS) is 25.6. The minimum atomic E-state index is -3.77. The molecule has 0 spiro atoms. The number of benzene rings is 2. The van der Waals surface area contributed by atoms with Crippen LogP contribution in [0.2, 0.25) is 0 Å². The number of rotatable bonds is 6. The third-order valence-electron chi connectivity index (χ3n) is 6.26. The molecule has 2 aromatic carbocycles. The third-order valence-corrected chi connectivity index (χ3v) is 9.14. The second-order valence-electron chi connectivity index (χ2n) is 8.46. The van der Waals surface area contributed by atoms with Gasteiger partial charge < -0.3 is 9.64 Å². The van der Waals surface area contributed by atoms with Crippen molar-refractivity contribution in [3.05, 3.63) is 84.4 Å². The van der Waals surface area contributed by atoms with Crippen LogP contribution in [0.5, 0.6) is 0 Å². The first-order chi connectivity index (χ1) is 14.7. The van der Waals surface area contributed by atoms with E-state index in [1.54, 1.807) is 0 Å². The van der Waals surface area contributed by atoms with E-state index in [0.29, 0.717) is 0 Å². The smallest absolute Gasteiger partial charge is 0.331 e. The van der Waals surface area contributed by atoms with Crippen molar-refractivity contribution in [3.8, 4) is 0 Å². The third kappa shape index (κ3) is 3.19. The number of allylic oxidation sites excluding steroid dienone is 1. The average molecular weight is 440 g/mol. The summed E-state index contributed by atoms with van der Waals surface area (Å²) in [6, 6.07) is 17.3. The fraction of sp³-hybridized carbons (Fsp3) is 0.333. The monoisotopic (exact) mass is 439 g/mol. The molecule has 0 radical (unpaired) electrons. The molecule has 0 N–H and O–H groups in total. The molecule has 0 aliphatic carbocycles. The number of amides is 1. The minimum Gasteiger partial charge on any atom is -0.451 e. The van der Waals surface area contributed by atoms with Crippen LogP contribution in [-0.4, -0.2) is 41.4 Å². The zero-order chi connectivity index (χ0) is 22.4. The number of hydrogen-bond acceptors (Lipinski definition) is 5. The molecule has 2 aromatic rings. The van der Waals surface area contributed by atoms with Crippen LogP contribution in [0, 0.1) is 5.92 Å². The molecule has 6 nitrogen and oxygen atoms in total. The number of carbonyl (C=O) groups is 2. The van der Waals surface area contributed by atoms with Gasteiger partial charge in [0.1, 0.15) is 11.4 Å². The van der Waals surface area contributed by atoms with Gasteiger partial charge in [-0.2, -0.15) is 0 Å². The standard InChI is InChI=1S/C24H25NO5S/c1-4-11-18-21(26)25-20(24(2,3)31(28,29)22(18)25)23(27)30-19(16-12-7-5-8-13-16)17-14-9-6-10-15-17/h4-10,12-15,18-20,22H,1,11H2,2-3H3/t18-,20+,22-/m1/s1. The Morgan fingerprint density at radius 2 is 1.61 bits per heavy atom. The molecule has 162 valence electrons. The van der Waals surface area contributed by atoms with E-state index in [4.69, 9.17) is 4.74 Å². The maximum atomic E-state index is 13.4. The summed E-state index contributed by atoms with van der Waals surface area (Å²) in [6.45, 7) is 6.60. The predicted molar refractivity (Wildman–Crippen MR) is 117 cm³/mol. The maximum absolute atomic E-state index is 13.4. The number of carbonyl (C=O) groups excluding carboxylic acids is 2. The Labute approximate surface area is 182 Å². The predicted octanol–water partition coefficient (Wildman–Crippen LogP) is 3.26. The number of hydrogen-bond donors (Lipinski definition) is 0. The van der Waals surface area contributed by atoms with Crippen molar-refractivity contribution < 1.29 is 22.7 Å². The number of β-lactam (4-membered cyclic amide) rings is 1. The number of sulfone groups is 1. The van der Waals surface area contributed by atoms with Gasteiger partial charge in [-0.25, -0.2) is 13.2 Å². The number of ether oxygens (including phenoxy) is 1. The second kappa shape index (κ2) is 7.64. The summed E-state index contributed by atoms with van der Waals surface area (Å²) in [5.74, 6) is -1.77. The first kappa shape index (κ1) is 21.3. The van der Waals surface area contributed by atoms with Gasteiger partial charge in [-0.05, 0) is 31.4 Å². The zero-order valence-corrected chi connectivity index (χ0v) is 18.3. The molecule has 0 unspecified atom stereocenters. The molecule has 2 aliphatic heterocycles. The van der Waals surface area contributed by atoms with Gasteiger partial charge in [-0.3, -0.25) is 4.79 Å². The lowest BCUT2D eigenvalue weighted by atomic mass is 9.89. The molecule has 7 heteroatoms. The molecule has 31 heavy (non-hydrogen) atoms. The molecule has 3 atom stereocenters. The summed E-state index contributed by atoms with van der Waals surface area (Å²) in [4.78, 5) is 27.4. The topological polar surface area (TPSA) is 80.8 Å². The summed E-state index contributed by atoms with van der Waals surface area (Å²) >= 11 is 0. The van der Waals surface area contributed by atoms with Crippen LogP contribution >= 0.6 is 0 Å². The van der Waals surface area contributed by atoms with Crippen molar-refractivity contribution in [1.82, 2.24) is 4.90 Å². The van der Waals surface area contributed by atoms with Gasteiger partial charge in [0, 0.05) is 0 Å². The first-order valence-corrected chi connectivity index (χ1v) is 11.7. The van der Waals surface area contributed by atoms with Crippen molar-refractivity contribution in [2.24, 2.45) is 5.92 Å². The lowest BCUT2D eigenvalue weighted by molar-refractivity contribution is -0.168. The first-order valence-electron chi connectivity index (χ1n) is 10.2. The van der Waals surface area contributed by atoms with Crippen molar-refractivity contribution in [3.63, 3.8) is 0 Å². The Balaban J connectivity index is 1.70. The molecule has 2 aliphatic rings. The minimum absolute atomic E-state index is 0.258. The lowest BCUT2D eigenvalue weighted by Crippen LogP contribution is -2.63. The Morgan fingerprint density at radius 3 is 2.10 bits per heavy atom. The second-order valence-corrected chi connectivity index (χ2v) is 11.1. The van der Waals surface area contributed by atoms with E-state index >= 15 is 0 Å². The number of fused-ring (bicyclic) bond motifs is 1. The van der Waals surface area contributed by atoms with Gasteiger partial charge in [0.2, 0.25) is 5.91 Å². The molecule has 1 amide bonds. The highest BCUT2D eigenvalue weighted by atomic mass is 32.2. The summed E-state index contributed by atoms with van der Waals surface area (Å²) in [5.41, 5.74) is 1.52. The highest BCUT2D eigenvalue weighted by Gasteiger charge is 2.72. The van der Waals surface area contributed by atoms with E-state index in [1.807, 2.05) is 60.7 Å². The van der Waals surface area contributed by atoms with Gasteiger partial charge in [0.15, 0.2) is 15.9 Å². The molecule has 2 fully saturated rings. The zero-order valence-electron chi connectivity index (χ0n) is 17.5. The fourth-order valence-corrected chi connectivity index (χ4v) is 6.88.